The highest BCUT2D eigenvalue weighted by Gasteiger charge is 2.10. The van der Waals surface area contributed by atoms with Gasteiger partial charge in [-0.1, -0.05) is 6.92 Å². The summed E-state index contributed by atoms with van der Waals surface area (Å²) in [7, 11) is 1.99. The van der Waals surface area contributed by atoms with E-state index in [-0.39, 0.29) is 11.5 Å². The first-order valence-electron chi connectivity index (χ1n) is 6.06. The third-order valence-corrected chi connectivity index (χ3v) is 2.89. The Morgan fingerprint density at radius 2 is 2.06 bits per heavy atom. The summed E-state index contributed by atoms with van der Waals surface area (Å²) in [5.41, 5.74) is 5.13. The van der Waals surface area contributed by atoms with E-state index in [9.17, 15) is 9.59 Å². The molecule has 1 rings (SSSR count). The lowest BCUT2D eigenvalue weighted by atomic mass is 10.4. The van der Waals surface area contributed by atoms with Crippen LogP contribution in [0, 0.1) is 0 Å². The quantitative estimate of drug-likeness (QED) is 0.637. The number of rotatable bonds is 6. The highest BCUT2D eigenvalue weighted by Crippen LogP contribution is 2.08. The van der Waals surface area contributed by atoms with Gasteiger partial charge >= 0.3 is 5.69 Å². The molecule has 0 fully saturated rings. The fraction of sp³-hybridized carbons (Fsp3) is 0.636. The second-order valence-corrected chi connectivity index (χ2v) is 4.09. The number of nitrogens with two attached hydrogens (primary N) is 1. The second-order valence-electron chi connectivity index (χ2n) is 4.09. The van der Waals surface area contributed by atoms with Gasteiger partial charge in [-0.05, 0) is 20.5 Å². The molecule has 7 heteroatoms. The highest BCUT2D eigenvalue weighted by molar-refractivity contribution is 5.60. The van der Waals surface area contributed by atoms with Crippen LogP contribution in [0.2, 0.25) is 0 Å². The van der Waals surface area contributed by atoms with Gasteiger partial charge in [0.15, 0.2) is 0 Å². The number of hydrogen-bond donors (Lipinski definition) is 3. The monoisotopic (exact) mass is 255 g/mol. The van der Waals surface area contributed by atoms with Gasteiger partial charge in [0.05, 0.1) is 0 Å². The van der Waals surface area contributed by atoms with Gasteiger partial charge in [0.2, 0.25) is 0 Å². The van der Waals surface area contributed by atoms with Crippen molar-refractivity contribution in [3.8, 4) is 0 Å². The number of nitrogens with zero attached hydrogens (tertiary/aromatic N) is 2. The summed E-state index contributed by atoms with van der Waals surface area (Å²) in [5.74, 6) is 0.186. The molecular weight excluding hydrogens is 234 g/mol. The van der Waals surface area contributed by atoms with Crippen LogP contribution in [0.5, 0.6) is 0 Å². The largest absolute Gasteiger partial charge is 0.383 e. The first-order valence-corrected chi connectivity index (χ1v) is 6.06. The van der Waals surface area contributed by atoms with Gasteiger partial charge in [-0.15, -0.1) is 0 Å². The minimum absolute atomic E-state index is 0.186. The van der Waals surface area contributed by atoms with Crippen LogP contribution >= 0.6 is 0 Å². The molecule has 1 aromatic heterocycles. The SMILES string of the molecule is CCN(C)CCNc1c(N)n(CC)c(=O)[nH]c1=O. The first kappa shape index (κ1) is 14.3. The first-order chi connectivity index (χ1) is 8.51. The highest BCUT2D eigenvalue weighted by atomic mass is 16.2. The van der Waals surface area contributed by atoms with Crippen molar-refractivity contribution in [2.24, 2.45) is 0 Å². The Balaban J connectivity index is 2.89. The molecule has 0 aliphatic rings. The van der Waals surface area contributed by atoms with Crippen molar-refractivity contribution in [2.75, 3.05) is 37.7 Å². The minimum atomic E-state index is -0.476. The predicted octanol–water partition coefficient (Wildman–Crippen LogP) is -0.498. The normalized spacial score (nSPS) is 10.9. The third-order valence-electron chi connectivity index (χ3n) is 2.89. The molecule has 1 aromatic rings. The molecule has 0 aliphatic carbocycles. The maximum Gasteiger partial charge on any atom is 0.330 e. The number of H-pyrrole nitrogens is 1. The van der Waals surface area contributed by atoms with Crippen molar-refractivity contribution >= 4 is 11.5 Å². The molecule has 0 saturated carbocycles. The van der Waals surface area contributed by atoms with E-state index < -0.39 is 11.2 Å². The molecule has 0 aromatic carbocycles. The summed E-state index contributed by atoms with van der Waals surface area (Å²) in [6.07, 6.45) is 0. The number of hydrogen-bond acceptors (Lipinski definition) is 5. The summed E-state index contributed by atoms with van der Waals surface area (Å²) >= 11 is 0. The van der Waals surface area contributed by atoms with E-state index in [1.165, 1.54) is 4.57 Å². The maximum absolute atomic E-state index is 11.6. The maximum atomic E-state index is 11.6. The molecule has 4 N–H and O–H groups in total. The summed E-state index contributed by atoms with van der Waals surface area (Å²) in [6.45, 7) is 6.59. The zero-order valence-corrected chi connectivity index (χ0v) is 11.1. The van der Waals surface area contributed by atoms with Crippen LogP contribution in [-0.4, -0.2) is 41.1 Å². The van der Waals surface area contributed by atoms with E-state index in [0.717, 1.165) is 13.1 Å². The van der Waals surface area contributed by atoms with Gasteiger partial charge in [-0.2, -0.15) is 0 Å². The van der Waals surface area contributed by atoms with Gasteiger partial charge in [0, 0.05) is 19.6 Å². The predicted molar refractivity (Wildman–Crippen MR) is 73.1 cm³/mol. The van der Waals surface area contributed by atoms with Crippen LogP contribution in [0.1, 0.15) is 13.8 Å². The molecule has 0 spiro atoms. The number of aromatic amines is 1. The summed E-state index contributed by atoms with van der Waals surface area (Å²) in [6, 6.07) is 0. The van der Waals surface area contributed by atoms with Gasteiger partial charge < -0.3 is 16.0 Å². The molecule has 0 unspecified atom stereocenters. The van der Waals surface area contributed by atoms with Crippen LogP contribution in [0.3, 0.4) is 0 Å². The number of aromatic nitrogens is 2. The molecule has 0 aliphatic heterocycles. The molecule has 0 atom stereocenters. The van der Waals surface area contributed by atoms with E-state index in [4.69, 9.17) is 5.73 Å². The summed E-state index contributed by atoms with van der Waals surface area (Å²) in [5, 5.41) is 2.98. The van der Waals surface area contributed by atoms with Crippen LogP contribution in [0.25, 0.3) is 0 Å². The fourth-order valence-electron chi connectivity index (χ4n) is 1.60. The molecule has 0 radical (unpaired) electrons. The fourth-order valence-corrected chi connectivity index (χ4v) is 1.60. The van der Waals surface area contributed by atoms with Gasteiger partial charge in [0.1, 0.15) is 11.5 Å². The lowest BCUT2D eigenvalue weighted by Crippen LogP contribution is -2.35. The zero-order chi connectivity index (χ0) is 13.7. The van der Waals surface area contributed by atoms with Crippen molar-refractivity contribution in [1.82, 2.24) is 14.5 Å². The molecule has 0 saturated heterocycles. The molecule has 7 nitrogen and oxygen atoms in total. The third kappa shape index (κ3) is 3.13. The van der Waals surface area contributed by atoms with Crippen molar-refractivity contribution in [3.05, 3.63) is 20.8 Å². The number of likely N-dealkylation sites (N-methyl/N-ethyl adjacent to an activating group) is 1. The Hall–Kier alpha value is -1.76. The average Bonchev–Trinajstić information content (AvgIpc) is 2.33. The minimum Gasteiger partial charge on any atom is -0.383 e. The van der Waals surface area contributed by atoms with Crippen molar-refractivity contribution in [2.45, 2.75) is 20.4 Å². The van der Waals surface area contributed by atoms with Gasteiger partial charge in [-0.3, -0.25) is 14.3 Å². The topological polar surface area (TPSA) is 96.2 Å². The van der Waals surface area contributed by atoms with Crippen LogP contribution in [0.15, 0.2) is 9.59 Å². The lowest BCUT2D eigenvalue weighted by molar-refractivity contribution is 0.367. The van der Waals surface area contributed by atoms with Crippen molar-refractivity contribution in [1.29, 1.82) is 0 Å². The molecule has 1 heterocycles. The Morgan fingerprint density at radius 3 is 2.61 bits per heavy atom. The Kier molecular flexibility index (Phi) is 4.96. The van der Waals surface area contributed by atoms with E-state index in [2.05, 4.69) is 22.1 Å². The van der Waals surface area contributed by atoms with Crippen LogP contribution in [-0.2, 0) is 6.54 Å². The number of nitrogen functional groups attached to an aromatic ring is 1. The van der Waals surface area contributed by atoms with Crippen molar-refractivity contribution < 1.29 is 0 Å². The molecule has 0 amide bonds. The summed E-state index contributed by atoms with van der Waals surface area (Å²) < 4.78 is 1.33. The van der Waals surface area contributed by atoms with E-state index in [1.54, 1.807) is 6.92 Å². The smallest absolute Gasteiger partial charge is 0.330 e. The Labute approximate surface area is 106 Å². The second kappa shape index (κ2) is 6.25. The molecule has 0 bridgehead atoms. The van der Waals surface area contributed by atoms with E-state index >= 15 is 0 Å². The molecule has 18 heavy (non-hydrogen) atoms. The zero-order valence-electron chi connectivity index (χ0n) is 11.1. The number of nitrogens with one attached hydrogen (secondary N) is 2. The van der Waals surface area contributed by atoms with E-state index in [0.29, 0.717) is 13.1 Å². The molecule has 102 valence electrons. The average molecular weight is 255 g/mol. The van der Waals surface area contributed by atoms with Gasteiger partial charge in [0.25, 0.3) is 5.56 Å². The summed E-state index contributed by atoms with van der Waals surface area (Å²) in [4.78, 5) is 27.5. The van der Waals surface area contributed by atoms with Crippen molar-refractivity contribution in [3.63, 3.8) is 0 Å². The van der Waals surface area contributed by atoms with E-state index in [1.807, 2.05) is 7.05 Å². The molecular formula is C11H21N5O2. The Bertz CT molecular complexity index is 505. The Morgan fingerprint density at radius 1 is 1.39 bits per heavy atom. The van der Waals surface area contributed by atoms with Gasteiger partial charge in [-0.25, -0.2) is 4.79 Å². The van der Waals surface area contributed by atoms with Crippen LogP contribution in [0.4, 0.5) is 11.5 Å². The standard InChI is InChI=1S/C11H21N5O2/c1-4-15(3)7-6-13-8-9(12)16(5-2)11(18)14-10(8)17/h13H,4-7,12H2,1-3H3,(H,14,17,18). The lowest BCUT2D eigenvalue weighted by Gasteiger charge is -2.16. The van der Waals surface area contributed by atoms with Crippen LogP contribution < -0.4 is 22.3 Å². The number of anilines is 2.